The lowest BCUT2D eigenvalue weighted by atomic mass is 10.1. The van der Waals surface area contributed by atoms with Gasteiger partial charge in [-0.2, -0.15) is 5.10 Å². The van der Waals surface area contributed by atoms with E-state index in [1.54, 1.807) is 26.1 Å². The average Bonchev–Trinajstić information content (AvgIpc) is 2.87. The summed E-state index contributed by atoms with van der Waals surface area (Å²) in [5, 5.41) is 16.0. The molecule has 0 radical (unpaired) electrons. The molecular formula is C18H21N3O4. The lowest BCUT2D eigenvalue weighted by molar-refractivity contribution is 0.0684. The number of nitrogens with one attached hydrogen (secondary N) is 1. The van der Waals surface area contributed by atoms with E-state index in [1.807, 2.05) is 30.3 Å². The summed E-state index contributed by atoms with van der Waals surface area (Å²) in [7, 11) is 1.60. The van der Waals surface area contributed by atoms with Crippen molar-refractivity contribution in [3.05, 3.63) is 58.9 Å². The number of hydrogen-bond donors (Lipinski definition) is 2. The fraction of sp³-hybridized carbons (Fsp3) is 0.278. The Balaban J connectivity index is 1.77. The Kier molecular flexibility index (Phi) is 6.33. The molecule has 1 heterocycles. The number of nitrogens with zero attached hydrogens (tertiary/aromatic N) is 2. The van der Waals surface area contributed by atoms with Crippen LogP contribution in [-0.2, 0) is 18.4 Å². The van der Waals surface area contributed by atoms with Gasteiger partial charge in [0, 0.05) is 19.2 Å². The van der Waals surface area contributed by atoms with Crippen LogP contribution in [0.15, 0.2) is 36.4 Å². The number of aryl methyl sites for hydroxylation is 2. The molecule has 0 spiro atoms. The molecule has 2 rings (SSSR count). The van der Waals surface area contributed by atoms with Crippen molar-refractivity contribution in [2.24, 2.45) is 7.05 Å². The third-order valence-electron chi connectivity index (χ3n) is 3.55. The van der Waals surface area contributed by atoms with Gasteiger partial charge in [-0.15, -0.1) is 0 Å². The van der Waals surface area contributed by atoms with E-state index in [0.717, 1.165) is 5.56 Å². The first-order valence-electron chi connectivity index (χ1n) is 7.87. The molecular weight excluding hydrogens is 322 g/mol. The minimum Gasteiger partial charge on any atom is -0.477 e. The molecule has 0 atom stereocenters. The highest BCUT2D eigenvalue weighted by molar-refractivity contribution is 5.90. The predicted molar refractivity (Wildman–Crippen MR) is 93.2 cm³/mol. The van der Waals surface area contributed by atoms with Crippen LogP contribution in [0, 0.1) is 6.92 Å². The molecule has 2 N–H and O–H groups in total. The number of amides is 1. The van der Waals surface area contributed by atoms with Gasteiger partial charge in [0.2, 0.25) is 0 Å². The summed E-state index contributed by atoms with van der Waals surface area (Å²) < 4.78 is 6.44. The van der Waals surface area contributed by atoms with Crippen LogP contribution in [0.4, 0.5) is 4.79 Å². The third kappa shape index (κ3) is 5.20. The molecule has 7 heteroatoms. The quantitative estimate of drug-likeness (QED) is 0.754. The number of carbonyl (C=O) groups excluding carboxylic acids is 1. The van der Waals surface area contributed by atoms with Crippen LogP contribution in [-0.4, -0.2) is 33.5 Å². The number of rotatable bonds is 7. The zero-order valence-corrected chi connectivity index (χ0v) is 14.2. The Morgan fingerprint density at radius 3 is 2.72 bits per heavy atom. The molecule has 7 nitrogen and oxygen atoms in total. The second kappa shape index (κ2) is 8.68. The van der Waals surface area contributed by atoms with Gasteiger partial charge in [0.25, 0.3) is 0 Å². The third-order valence-corrected chi connectivity index (χ3v) is 3.55. The zero-order chi connectivity index (χ0) is 18.2. The van der Waals surface area contributed by atoms with E-state index in [4.69, 9.17) is 4.74 Å². The van der Waals surface area contributed by atoms with Gasteiger partial charge in [-0.05, 0) is 18.9 Å². The highest BCUT2D eigenvalue weighted by atomic mass is 16.5. The molecule has 1 aromatic carbocycles. The number of carbonyl (C=O) groups is 2. The molecule has 1 amide bonds. The van der Waals surface area contributed by atoms with Gasteiger partial charge in [0.15, 0.2) is 5.69 Å². The maximum absolute atomic E-state index is 11.6. The standard InChI is InChI=1S/C18H21N3O4/c1-13-15(16(17(22)23)21(2)20-13)10-6-7-11-19-18(24)25-12-14-8-4-3-5-9-14/h3-6,8-10H,7,11-12H2,1-2H3,(H,19,24)(H,22,23). The van der Waals surface area contributed by atoms with Crippen molar-refractivity contribution >= 4 is 18.1 Å². The average molecular weight is 343 g/mol. The Hall–Kier alpha value is -3.09. The first-order valence-corrected chi connectivity index (χ1v) is 7.87. The van der Waals surface area contributed by atoms with Crippen molar-refractivity contribution in [1.29, 1.82) is 0 Å². The van der Waals surface area contributed by atoms with Crippen LogP contribution in [0.1, 0.15) is 33.7 Å². The van der Waals surface area contributed by atoms with Gasteiger partial charge in [-0.1, -0.05) is 42.5 Å². The molecule has 0 aliphatic heterocycles. The fourth-order valence-electron chi connectivity index (χ4n) is 2.36. The maximum atomic E-state index is 11.6. The molecule has 0 saturated heterocycles. The monoisotopic (exact) mass is 343 g/mol. The van der Waals surface area contributed by atoms with Crippen LogP contribution < -0.4 is 5.32 Å². The number of benzene rings is 1. The van der Waals surface area contributed by atoms with Crippen molar-refractivity contribution in [2.75, 3.05) is 6.54 Å². The highest BCUT2D eigenvalue weighted by Gasteiger charge is 2.16. The van der Waals surface area contributed by atoms with Gasteiger partial charge in [0.1, 0.15) is 6.61 Å². The number of aromatic nitrogens is 2. The Morgan fingerprint density at radius 1 is 1.32 bits per heavy atom. The first kappa shape index (κ1) is 18.3. The first-order chi connectivity index (χ1) is 12.0. The Bertz CT molecular complexity index is 766. The second-order valence-corrected chi connectivity index (χ2v) is 5.46. The van der Waals surface area contributed by atoms with Crippen molar-refractivity contribution < 1.29 is 19.4 Å². The van der Waals surface area contributed by atoms with Gasteiger partial charge >= 0.3 is 12.1 Å². The summed E-state index contributed by atoms with van der Waals surface area (Å²) in [5.41, 5.74) is 2.28. The van der Waals surface area contributed by atoms with E-state index in [1.165, 1.54) is 4.68 Å². The van der Waals surface area contributed by atoms with Crippen LogP contribution >= 0.6 is 0 Å². The van der Waals surface area contributed by atoms with Gasteiger partial charge in [0.05, 0.1) is 5.69 Å². The van der Waals surface area contributed by atoms with E-state index in [0.29, 0.717) is 24.2 Å². The molecule has 0 aliphatic rings. The van der Waals surface area contributed by atoms with Crippen LogP contribution in [0.3, 0.4) is 0 Å². The molecule has 0 bridgehead atoms. The van der Waals surface area contributed by atoms with E-state index < -0.39 is 12.1 Å². The van der Waals surface area contributed by atoms with Gasteiger partial charge in [-0.25, -0.2) is 9.59 Å². The summed E-state index contributed by atoms with van der Waals surface area (Å²) in [6.07, 6.45) is 3.57. The number of hydrogen-bond acceptors (Lipinski definition) is 4. The largest absolute Gasteiger partial charge is 0.477 e. The SMILES string of the molecule is Cc1nn(C)c(C(=O)O)c1C=CCCNC(=O)OCc1ccccc1. The molecule has 0 unspecified atom stereocenters. The van der Waals surface area contributed by atoms with Crippen molar-refractivity contribution in [3.63, 3.8) is 0 Å². The maximum Gasteiger partial charge on any atom is 0.407 e. The van der Waals surface area contributed by atoms with E-state index in [-0.39, 0.29) is 12.3 Å². The molecule has 2 aromatic rings. The van der Waals surface area contributed by atoms with Crippen molar-refractivity contribution in [3.8, 4) is 0 Å². The van der Waals surface area contributed by atoms with Crippen LogP contribution in [0.2, 0.25) is 0 Å². The second-order valence-electron chi connectivity index (χ2n) is 5.46. The summed E-state index contributed by atoms with van der Waals surface area (Å²) in [6.45, 7) is 2.37. The summed E-state index contributed by atoms with van der Waals surface area (Å²) >= 11 is 0. The van der Waals surface area contributed by atoms with Crippen molar-refractivity contribution in [2.45, 2.75) is 20.0 Å². The molecule has 0 aliphatic carbocycles. The van der Waals surface area contributed by atoms with Crippen LogP contribution in [0.5, 0.6) is 0 Å². The van der Waals surface area contributed by atoms with E-state index in [9.17, 15) is 14.7 Å². The lowest BCUT2D eigenvalue weighted by Gasteiger charge is -2.05. The molecule has 0 saturated carbocycles. The van der Waals surface area contributed by atoms with Gasteiger partial charge < -0.3 is 15.2 Å². The number of carboxylic acid groups (broad SMARTS) is 1. The fourth-order valence-corrected chi connectivity index (χ4v) is 2.36. The van der Waals surface area contributed by atoms with E-state index >= 15 is 0 Å². The highest BCUT2D eigenvalue weighted by Crippen LogP contribution is 2.15. The Labute approximate surface area is 145 Å². The van der Waals surface area contributed by atoms with Gasteiger partial charge in [-0.3, -0.25) is 4.68 Å². The summed E-state index contributed by atoms with van der Waals surface area (Å²) in [5.74, 6) is -1.02. The predicted octanol–water partition coefficient (Wildman–Crippen LogP) is 2.76. The lowest BCUT2D eigenvalue weighted by Crippen LogP contribution is -2.24. The number of aromatic carboxylic acids is 1. The zero-order valence-electron chi connectivity index (χ0n) is 14.2. The number of carboxylic acids is 1. The minimum absolute atomic E-state index is 0.143. The smallest absolute Gasteiger partial charge is 0.407 e. The molecule has 0 fully saturated rings. The molecule has 25 heavy (non-hydrogen) atoms. The minimum atomic E-state index is -1.02. The molecule has 1 aromatic heterocycles. The summed E-state index contributed by atoms with van der Waals surface area (Å²) in [4.78, 5) is 22.9. The Morgan fingerprint density at radius 2 is 2.04 bits per heavy atom. The summed E-state index contributed by atoms with van der Waals surface area (Å²) in [6, 6.07) is 9.43. The topological polar surface area (TPSA) is 93.5 Å². The van der Waals surface area contributed by atoms with E-state index in [2.05, 4.69) is 10.4 Å². The van der Waals surface area contributed by atoms with Crippen molar-refractivity contribution in [1.82, 2.24) is 15.1 Å². The van der Waals surface area contributed by atoms with Crippen LogP contribution in [0.25, 0.3) is 6.08 Å². The number of ether oxygens (including phenoxy) is 1. The molecule has 132 valence electrons. The number of alkyl carbamates (subject to hydrolysis) is 1. The normalized spacial score (nSPS) is 10.8.